The second-order valence-corrected chi connectivity index (χ2v) is 7.15. The number of benzene rings is 2. The first-order valence-electron chi connectivity index (χ1n) is 7.85. The van der Waals surface area contributed by atoms with Crippen LogP contribution in [-0.2, 0) is 10.5 Å². The zero-order valence-corrected chi connectivity index (χ0v) is 15.0. The molecule has 0 aliphatic carbocycles. The standard InChI is InChI=1S/C18H15ClN4OS/c1-11-20-15-5-3-2-4-14(15)16-17(24)21-18(22-23(11)16)25-10-12-6-8-13(19)9-7-12/h2-9,11H,10H2,1H3,(H,21,22,24). The lowest BCUT2D eigenvalue weighted by Crippen LogP contribution is -2.51. The molecule has 25 heavy (non-hydrogen) atoms. The predicted octanol–water partition coefficient (Wildman–Crippen LogP) is 2.06. The van der Waals surface area contributed by atoms with Crippen molar-refractivity contribution in [3.63, 3.8) is 0 Å². The fraction of sp³-hybridized carbons (Fsp3) is 0.167. The first-order chi connectivity index (χ1) is 12.1. The molecule has 1 N–H and O–H groups in total. The van der Waals surface area contributed by atoms with Crippen LogP contribution in [0.5, 0.6) is 0 Å². The van der Waals surface area contributed by atoms with Crippen molar-refractivity contribution in [2.45, 2.75) is 18.8 Å². The third kappa shape index (κ3) is 3.15. The van der Waals surface area contributed by atoms with Crippen LogP contribution >= 0.6 is 23.4 Å². The number of halogens is 1. The number of para-hydroxylation sites is 1. The summed E-state index contributed by atoms with van der Waals surface area (Å²) in [5, 5.41) is 12.1. The lowest BCUT2D eigenvalue weighted by molar-refractivity contribution is -0.116. The number of amidine groups is 1. The van der Waals surface area contributed by atoms with Gasteiger partial charge in [-0.3, -0.25) is 15.1 Å². The number of thioether (sulfide) groups is 1. The first-order valence-corrected chi connectivity index (χ1v) is 9.22. The van der Waals surface area contributed by atoms with Gasteiger partial charge >= 0.3 is 0 Å². The maximum atomic E-state index is 12.7. The minimum Gasteiger partial charge on any atom is -0.298 e. The minimum atomic E-state index is -0.220. The molecule has 1 amide bonds. The average molecular weight is 371 g/mol. The molecule has 1 unspecified atom stereocenters. The smallest absolute Gasteiger partial charge is 0.276 e. The Morgan fingerprint density at radius 3 is 2.76 bits per heavy atom. The third-order valence-electron chi connectivity index (χ3n) is 3.99. The Labute approximate surface area is 154 Å². The summed E-state index contributed by atoms with van der Waals surface area (Å²) < 4.78 is 0. The zero-order chi connectivity index (χ0) is 17.4. The molecule has 7 heteroatoms. The zero-order valence-electron chi connectivity index (χ0n) is 13.4. The van der Waals surface area contributed by atoms with Gasteiger partial charge in [0.2, 0.25) is 0 Å². The van der Waals surface area contributed by atoms with Gasteiger partial charge in [-0.1, -0.05) is 53.7 Å². The highest BCUT2D eigenvalue weighted by Gasteiger charge is 2.31. The molecule has 2 heterocycles. The molecule has 2 aromatic carbocycles. The highest BCUT2D eigenvalue weighted by Crippen LogP contribution is 2.22. The van der Waals surface area contributed by atoms with Gasteiger partial charge in [0, 0.05) is 16.0 Å². The number of fused-ring (bicyclic) bond motifs is 2. The molecule has 2 aliphatic heterocycles. The molecule has 0 saturated heterocycles. The Hall–Kier alpha value is -2.31. The normalized spacial score (nSPS) is 18.7. The number of hydrazone groups is 1. The lowest BCUT2D eigenvalue weighted by Gasteiger charge is -2.32. The fourth-order valence-corrected chi connectivity index (χ4v) is 3.72. The van der Waals surface area contributed by atoms with E-state index in [-0.39, 0.29) is 12.1 Å². The van der Waals surface area contributed by atoms with E-state index in [4.69, 9.17) is 11.6 Å². The van der Waals surface area contributed by atoms with Gasteiger partial charge in [0.25, 0.3) is 5.91 Å². The molecular formula is C18H15ClN4OS. The summed E-state index contributed by atoms with van der Waals surface area (Å²) in [7, 11) is 0. The number of rotatable bonds is 2. The SMILES string of the molecule is CC1N=c2ccccc2=C2C(=O)NC(SCc3ccc(Cl)cc3)=NN21. The summed E-state index contributed by atoms with van der Waals surface area (Å²) in [4.78, 5) is 17.3. The number of nitrogens with zero attached hydrogens (tertiary/aromatic N) is 3. The van der Waals surface area contributed by atoms with Crippen molar-refractivity contribution < 1.29 is 4.79 Å². The van der Waals surface area contributed by atoms with Crippen LogP contribution in [0.25, 0.3) is 5.70 Å². The highest BCUT2D eigenvalue weighted by atomic mass is 35.5. The molecule has 1 atom stereocenters. The Kier molecular flexibility index (Phi) is 4.23. The van der Waals surface area contributed by atoms with Gasteiger partial charge in [0.05, 0.1) is 5.36 Å². The largest absolute Gasteiger partial charge is 0.298 e. The maximum absolute atomic E-state index is 12.7. The van der Waals surface area contributed by atoms with E-state index < -0.39 is 0 Å². The number of amides is 1. The van der Waals surface area contributed by atoms with Crippen LogP contribution in [0.3, 0.4) is 0 Å². The van der Waals surface area contributed by atoms with Gasteiger partial charge in [-0.25, -0.2) is 5.01 Å². The Bertz CT molecular complexity index is 987. The summed E-state index contributed by atoms with van der Waals surface area (Å²) in [5.41, 5.74) is 1.66. The second-order valence-electron chi connectivity index (χ2n) is 5.75. The lowest BCUT2D eigenvalue weighted by atomic mass is 10.2. The molecule has 5 nitrogen and oxygen atoms in total. The van der Waals surface area contributed by atoms with Gasteiger partial charge in [-0.15, -0.1) is 5.10 Å². The highest BCUT2D eigenvalue weighted by molar-refractivity contribution is 8.13. The van der Waals surface area contributed by atoms with Gasteiger partial charge in [-0.2, -0.15) is 0 Å². The molecule has 0 spiro atoms. The van der Waals surface area contributed by atoms with Gasteiger partial charge in [0.1, 0.15) is 11.9 Å². The van der Waals surface area contributed by atoms with Crippen LogP contribution < -0.4 is 15.9 Å². The van der Waals surface area contributed by atoms with E-state index >= 15 is 0 Å². The molecule has 126 valence electrons. The van der Waals surface area contributed by atoms with Crippen molar-refractivity contribution in [2.24, 2.45) is 10.1 Å². The van der Waals surface area contributed by atoms with Gasteiger partial charge in [0.15, 0.2) is 5.17 Å². The van der Waals surface area contributed by atoms with Crippen LogP contribution in [0.15, 0.2) is 58.6 Å². The van der Waals surface area contributed by atoms with Crippen molar-refractivity contribution in [2.75, 3.05) is 0 Å². The predicted molar refractivity (Wildman–Crippen MR) is 100 cm³/mol. The van der Waals surface area contributed by atoms with E-state index in [9.17, 15) is 4.79 Å². The summed E-state index contributed by atoms with van der Waals surface area (Å²) in [5.74, 6) is 0.546. The number of hydrogen-bond acceptors (Lipinski definition) is 5. The van der Waals surface area contributed by atoms with Crippen LogP contribution in [0, 0.1) is 0 Å². The molecule has 0 bridgehead atoms. The van der Waals surface area contributed by atoms with Crippen molar-refractivity contribution in [3.8, 4) is 0 Å². The van der Waals surface area contributed by atoms with Crippen molar-refractivity contribution in [1.29, 1.82) is 0 Å². The summed E-state index contributed by atoms with van der Waals surface area (Å²) in [6.07, 6.45) is -0.220. The molecule has 0 aromatic heterocycles. The third-order valence-corrected chi connectivity index (χ3v) is 5.18. The second kappa shape index (κ2) is 6.54. The van der Waals surface area contributed by atoms with Crippen molar-refractivity contribution in [3.05, 3.63) is 69.7 Å². The number of nitrogens with one attached hydrogen (secondary N) is 1. The molecule has 0 radical (unpaired) electrons. The number of hydrogen-bond donors (Lipinski definition) is 1. The molecule has 2 aromatic rings. The first kappa shape index (κ1) is 16.2. The van der Waals surface area contributed by atoms with Crippen LogP contribution in [0.2, 0.25) is 5.02 Å². The van der Waals surface area contributed by atoms with E-state index in [1.807, 2.05) is 55.5 Å². The summed E-state index contributed by atoms with van der Waals surface area (Å²) in [6.45, 7) is 1.93. The van der Waals surface area contributed by atoms with Crippen molar-refractivity contribution >= 4 is 40.1 Å². The van der Waals surface area contributed by atoms with E-state index in [0.29, 0.717) is 21.6 Å². The van der Waals surface area contributed by atoms with Gasteiger partial charge in [-0.05, 0) is 30.7 Å². The molecule has 2 aliphatic rings. The Morgan fingerprint density at radius 1 is 1.20 bits per heavy atom. The Balaban J connectivity index is 1.63. The van der Waals surface area contributed by atoms with E-state index in [1.165, 1.54) is 11.8 Å². The topological polar surface area (TPSA) is 57.1 Å². The van der Waals surface area contributed by atoms with Gasteiger partial charge < -0.3 is 0 Å². The monoisotopic (exact) mass is 370 g/mol. The fourth-order valence-electron chi connectivity index (χ4n) is 2.79. The van der Waals surface area contributed by atoms with E-state index in [0.717, 1.165) is 16.1 Å². The van der Waals surface area contributed by atoms with Crippen LogP contribution in [0.4, 0.5) is 0 Å². The van der Waals surface area contributed by atoms with Crippen LogP contribution in [0.1, 0.15) is 12.5 Å². The maximum Gasteiger partial charge on any atom is 0.276 e. The van der Waals surface area contributed by atoms with E-state index in [1.54, 1.807) is 5.01 Å². The van der Waals surface area contributed by atoms with Crippen LogP contribution in [-0.4, -0.2) is 22.2 Å². The number of carbonyl (C=O) groups is 1. The van der Waals surface area contributed by atoms with Crippen molar-refractivity contribution in [1.82, 2.24) is 10.3 Å². The molecule has 0 saturated carbocycles. The Morgan fingerprint density at radius 2 is 1.96 bits per heavy atom. The summed E-state index contributed by atoms with van der Waals surface area (Å²) in [6, 6.07) is 15.3. The minimum absolute atomic E-state index is 0.150. The average Bonchev–Trinajstić information content (AvgIpc) is 2.61. The summed E-state index contributed by atoms with van der Waals surface area (Å²) >= 11 is 7.38. The quantitative estimate of drug-likeness (QED) is 0.880. The molecule has 0 fully saturated rings. The van der Waals surface area contributed by atoms with E-state index in [2.05, 4.69) is 15.4 Å². The number of carbonyl (C=O) groups excluding carboxylic acids is 1. The molecular weight excluding hydrogens is 356 g/mol. The molecule has 4 rings (SSSR count).